The first-order valence-corrected chi connectivity index (χ1v) is 5.67. The number of rotatable bonds is 3. The first-order chi connectivity index (χ1) is 7.29. The van der Waals surface area contributed by atoms with Crippen molar-refractivity contribution in [3.63, 3.8) is 0 Å². The van der Waals surface area contributed by atoms with Gasteiger partial charge in [0.25, 0.3) is 0 Å². The molecule has 0 heterocycles. The van der Waals surface area contributed by atoms with Crippen LogP contribution in [0, 0.1) is 6.92 Å². The summed E-state index contributed by atoms with van der Waals surface area (Å²) in [6.07, 6.45) is -5.09. The molecule has 1 nitrogen and oxygen atoms in total. The van der Waals surface area contributed by atoms with Crippen LogP contribution in [-0.4, -0.2) is 6.18 Å². The Bertz CT molecular complexity index is 368. The molecule has 0 bridgehead atoms. The fraction of sp³-hybridized carbons (Fsp3) is 0.455. The Kier molecular flexibility index (Phi) is 6.51. The van der Waals surface area contributed by atoms with Crippen LogP contribution in [0.25, 0.3) is 0 Å². The second-order valence-corrected chi connectivity index (χ2v) is 4.64. The van der Waals surface area contributed by atoms with Gasteiger partial charge in [-0.25, -0.2) is 0 Å². The lowest BCUT2D eigenvalue weighted by Gasteiger charge is -2.15. The van der Waals surface area contributed by atoms with E-state index in [4.69, 9.17) is 5.73 Å². The van der Waals surface area contributed by atoms with Crippen LogP contribution >= 0.6 is 28.3 Å². The van der Waals surface area contributed by atoms with Gasteiger partial charge in [0.1, 0.15) is 0 Å². The van der Waals surface area contributed by atoms with Crippen molar-refractivity contribution in [3.05, 3.63) is 33.8 Å². The van der Waals surface area contributed by atoms with E-state index in [1.165, 1.54) is 0 Å². The molecule has 0 fully saturated rings. The maximum atomic E-state index is 12.0. The summed E-state index contributed by atoms with van der Waals surface area (Å²) in [4.78, 5) is 0. The van der Waals surface area contributed by atoms with Crippen LogP contribution in [0.15, 0.2) is 22.7 Å². The van der Waals surface area contributed by atoms with Crippen LogP contribution in [0.2, 0.25) is 0 Å². The number of benzene rings is 1. The Hall–Kier alpha value is -0.260. The molecule has 1 aromatic carbocycles. The first kappa shape index (κ1) is 16.7. The van der Waals surface area contributed by atoms with Gasteiger partial charge in [-0.2, -0.15) is 13.2 Å². The van der Waals surface area contributed by atoms with Crippen molar-refractivity contribution in [2.45, 2.75) is 32.0 Å². The maximum absolute atomic E-state index is 12.0. The molecule has 0 unspecified atom stereocenters. The highest BCUT2D eigenvalue weighted by Crippen LogP contribution is 2.30. The molecule has 98 valence electrons. The molecular weight excluding hydrogens is 318 g/mol. The Labute approximate surface area is 113 Å². The molecule has 0 spiro atoms. The second kappa shape index (κ2) is 6.61. The summed E-state index contributed by atoms with van der Waals surface area (Å²) in [6, 6.07) is 4.87. The standard InChI is InChI=1S/C11H13BrF3N.ClH/c1-7-2-3-8(9(12)6-7)10(16)4-5-11(13,14)15;/h2-3,6,10H,4-5,16H2,1H3;1H/t10-;/m1./s1. The molecule has 1 atom stereocenters. The van der Waals surface area contributed by atoms with Gasteiger partial charge < -0.3 is 5.73 Å². The Morgan fingerprint density at radius 2 is 1.94 bits per heavy atom. The molecule has 0 aliphatic heterocycles. The number of halogens is 5. The smallest absolute Gasteiger partial charge is 0.324 e. The Morgan fingerprint density at radius 1 is 1.35 bits per heavy atom. The average Bonchev–Trinajstić information content (AvgIpc) is 2.13. The molecule has 2 N–H and O–H groups in total. The minimum atomic E-state index is -4.14. The molecule has 0 radical (unpaired) electrons. The van der Waals surface area contributed by atoms with Gasteiger partial charge in [0.05, 0.1) is 0 Å². The summed E-state index contributed by atoms with van der Waals surface area (Å²) in [7, 11) is 0. The van der Waals surface area contributed by atoms with Crippen LogP contribution in [-0.2, 0) is 0 Å². The summed E-state index contributed by atoms with van der Waals surface area (Å²) in [5.74, 6) is 0. The van der Waals surface area contributed by atoms with Crippen molar-refractivity contribution in [1.29, 1.82) is 0 Å². The largest absolute Gasteiger partial charge is 0.389 e. The van der Waals surface area contributed by atoms with Gasteiger partial charge in [-0.05, 0) is 30.5 Å². The van der Waals surface area contributed by atoms with Gasteiger partial charge in [-0.15, -0.1) is 12.4 Å². The normalized spacial score (nSPS) is 13.1. The summed E-state index contributed by atoms with van der Waals surface area (Å²) < 4.78 is 36.9. The van der Waals surface area contributed by atoms with Crippen LogP contribution < -0.4 is 5.73 Å². The Balaban J connectivity index is 0.00000256. The SMILES string of the molecule is Cc1ccc([C@H](N)CCC(F)(F)F)c(Br)c1.Cl. The van der Waals surface area contributed by atoms with Gasteiger partial charge in [0, 0.05) is 16.9 Å². The molecule has 0 saturated heterocycles. The predicted octanol–water partition coefficient (Wildman–Crippen LogP) is 4.52. The third-order valence-corrected chi connectivity index (χ3v) is 2.98. The van der Waals surface area contributed by atoms with E-state index in [0.717, 1.165) is 15.6 Å². The van der Waals surface area contributed by atoms with Gasteiger partial charge >= 0.3 is 6.18 Å². The number of hydrogen-bond donors (Lipinski definition) is 1. The molecule has 0 saturated carbocycles. The van der Waals surface area contributed by atoms with Crippen molar-refractivity contribution in [2.75, 3.05) is 0 Å². The van der Waals surface area contributed by atoms with Gasteiger partial charge in [0.15, 0.2) is 0 Å². The second-order valence-electron chi connectivity index (χ2n) is 3.79. The van der Waals surface area contributed by atoms with Crippen molar-refractivity contribution in [3.8, 4) is 0 Å². The molecule has 17 heavy (non-hydrogen) atoms. The van der Waals surface area contributed by atoms with E-state index in [-0.39, 0.29) is 18.8 Å². The number of alkyl halides is 3. The van der Waals surface area contributed by atoms with Crippen molar-refractivity contribution in [1.82, 2.24) is 0 Å². The summed E-state index contributed by atoms with van der Waals surface area (Å²) in [5, 5.41) is 0. The zero-order chi connectivity index (χ0) is 12.3. The van der Waals surface area contributed by atoms with Crippen LogP contribution in [0.4, 0.5) is 13.2 Å². The summed E-state index contributed by atoms with van der Waals surface area (Å²) in [5.41, 5.74) is 7.48. The highest BCUT2D eigenvalue weighted by molar-refractivity contribution is 9.10. The van der Waals surface area contributed by atoms with Crippen molar-refractivity contribution >= 4 is 28.3 Å². The number of nitrogens with two attached hydrogens (primary N) is 1. The molecule has 0 aromatic heterocycles. The lowest BCUT2D eigenvalue weighted by atomic mass is 10.0. The molecular formula is C11H14BrClF3N. The predicted molar refractivity (Wildman–Crippen MR) is 68.3 cm³/mol. The topological polar surface area (TPSA) is 26.0 Å². The van der Waals surface area contributed by atoms with E-state index in [1.807, 2.05) is 19.1 Å². The number of hydrogen-bond acceptors (Lipinski definition) is 1. The van der Waals surface area contributed by atoms with Crippen LogP contribution in [0.5, 0.6) is 0 Å². The third-order valence-electron chi connectivity index (χ3n) is 2.29. The van der Waals surface area contributed by atoms with Crippen molar-refractivity contribution in [2.24, 2.45) is 5.73 Å². The lowest BCUT2D eigenvalue weighted by molar-refractivity contribution is -0.136. The van der Waals surface area contributed by atoms with Crippen molar-refractivity contribution < 1.29 is 13.2 Å². The lowest BCUT2D eigenvalue weighted by Crippen LogP contribution is -2.16. The molecule has 1 rings (SSSR count). The minimum absolute atomic E-state index is 0. The van der Waals surface area contributed by atoms with Gasteiger partial charge in [-0.3, -0.25) is 0 Å². The first-order valence-electron chi connectivity index (χ1n) is 4.88. The van der Waals surface area contributed by atoms with E-state index in [1.54, 1.807) is 6.07 Å². The molecule has 0 aliphatic carbocycles. The molecule has 0 aliphatic rings. The monoisotopic (exact) mass is 331 g/mol. The zero-order valence-electron chi connectivity index (χ0n) is 9.22. The molecule has 1 aromatic rings. The zero-order valence-corrected chi connectivity index (χ0v) is 11.6. The fourth-order valence-electron chi connectivity index (χ4n) is 1.41. The quantitative estimate of drug-likeness (QED) is 0.865. The summed E-state index contributed by atoms with van der Waals surface area (Å²) in [6.45, 7) is 1.91. The van der Waals surface area contributed by atoms with E-state index in [9.17, 15) is 13.2 Å². The van der Waals surface area contributed by atoms with E-state index < -0.39 is 18.6 Å². The Morgan fingerprint density at radius 3 is 2.41 bits per heavy atom. The van der Waals surface area contributed by atoms with Crippen LogP contribution in [0.1, 0.15) is 30.0 Å². The minimum Gasteiger partial charge on any atom is -0.324 e. The average molecular weight is 333 g/mol. The van der Waals surface area contributed by atoms with E-state index in [2.05, 4.69) is 15.9 Å². The van der Waals surface area contributed by atoms with Gasteiger partial charge in [0.2, 0.25) is 0 Å². The third kappa shape index (κ3) is 5.75. The maximum Gasteiger partial charge on any atom is 0.389 e. The fourth-order valence-corrected chi connectivity index (χ4v) is 2.19. The van der Waals surface area contributed by atoms with E-state index >= 15 is 0 Å². The van der Waals surface area contributed by atoms with Gasteiger partial charge in [-0.1, -0.05) is 28.1 Å². The summed E-state index contributed by atoms with van der Waals surface area (Å²) >= 11 is 3.31. The highest BCUT2D eigenvalue weighted by atomic mass is 79.9. The van der Waals surface area contributed by atoms with Crippen LogP contribution in [0.3, 0.4) is 0 Å². The van der Waals surface area contributed by atoms with E-state index in [0.29, 0.717) is 0 Å². The highest BCUT2D eigenvalue weighted by Gasteiger charge is 2.28. The number of aryl methyl sites for hydroxylation is 1. The molecule has 6 heteroatoms. The molecule has 0 amide bonds.